The van der Waals surface area contributed by atoms with Crippen LogP contribution < -0.4 is 11.1 Å². The van der Waals surface area contributed by atoms with Crippen LogP contribution >= 0.6 is 11.5 Å². The Hall–Kier alpha value is -0.770. The van der Waals surface area contributed by atoms with Crippen molar-refractivity contribution in [1.82, 2.24) is 4.37 Å². The van der Waals surface area contributed by atoms with E-state index in [9.17, 15) is 0 Å². The third-order valence-electron chi connectivity index (χ3n) is 3.68. The summed E-state index contributed by atoms with van der Waals surface area (Å²) < 4.78 is 4.30. The molecule has 0 unspecified atom stereocenters. The number of hydrogen-bond donors (Lipinski definition) is 2. The van der Waals surface area contributed by atoms with Crippen LogP contribution in [0.5, 0.6) is 0 Å². The molecule has 3 N–H and O–H groups in total. The molecule has 0 spiro atoms. The minimum Gasteiger partial charge on any atom is -0.383 e. The quantitative estimate of drug-likeness (QED) is 0.847. The maximum absolute atomic E-state index is 5.95. The molecule has 0 atom stereocenters. The molecule has 3 rings (SSSR count). The Morgan fingerprint density at radius 1 is 1.12 bits per heavy atom. The fourth-order valence-corrected chi connectivity index (χ4v) is 3.49. The van der Waals surface area contributed by atoms with Crippen molar-refractivity contribution in [3.05, 3.63) is 5.56 Å². The molecule has 16 heavy (non-hydrogen) atoms. The van der Waals surface area contributed by atoms with Crippen molar-refractivity contribution in [2.45, 2.75) is 56.9 Å². The van der Waals surface area contributed by atoms with E-state index in [1.165, 1.54) is 55.5 Å². The van der Waals surface area contributed by atoms with E-state index in [0.29, 0.717) is 12.0 Å². The summed E-state index contributed by atoms with van der Waals surface area (Å²) in [5.41, 5.74) is 7.26. The molecular formula is C12H19N3S. The Morgan fingerprint density at radius 3 is 2.56 bits per heavy atom. The largest absolute Gasteiger partial charge is 0.383 e. The van der Waals surface area contributed by atoms with Gasteiger partial charge in [0.2, 0.25) is 0 Å². The van der Waals surface area contributed by atoms with Crippen LogP contribution in [0.4, 0.5) is 10.8 Å². The lowest BCUT2D eigenvalue weighted by atomic mass is 9.95. The van der Waals surface area contributed by atoms with Gasteiger partial charge in [-0.15, -0.1) is 0 Å². The SMILES string of the molecule is Nc1nsc(NC2CCCCC2)c1C1CC1. The van der Waals surface area contributed by atoms with Gasteiger partial charge in [0, 0.05) is 11.6 Å². The summed E-state index contributed by atoms with van der Waals surface area (Å²) in [6.07, 6.45) is 9.33. The summed E-state index contributed by atoms with van der Waals surface area (Å²) in [5.74, 6) is 1.47. The first-order valence-electron chi connectivity index (χ1n) is 6.36. The van der Waals surface area contributed by atoms with Crippen LogP contribution in [0.15, 0.2) is 0 Å². The molecule has 3 nitrogen and oxygen atoms in total. The first-order valence-corrected chi connectivity index (χ1v) is 7.13. The van der Waals surface area contributed by atoms with E-state index in [4.69, 9.17) is 5.73 Å². The van der Waals surface area contributed by atoms with Crippen molar-refractivity contribution in [3.63, 3.8) is 0 Å². The maximum Gasteiger partial charge on any atom is 0.142 e. The van der Waals surface area contributed by atoms with E-state index in [0.717, 1.165) is 5.82 Å². The van der Waals surface area contributed by atoms with E-state index >= 15 is 0 Å². The number of aromatic nitrogens is 1. The first kappa shape index (κ1) is 10.4. The van der Waals surface area contributed by atoms with Gasteiger partial charge in [-0.1, -0.05) is 19.3 Å². The Kier molecular flexibility index (Phi) is 2.75. The number of nitrogens with one attached hydrogen (secondary N) is 1. The fourth-order valence-electron chi connectivity index (χ4n) is 2.61. The molecule has 0 radical (unpaired) electrons. The van der Waals surface area contributed by atoms with E-state index in [1.54, 1.807) is 11.5 Å². The van der Waals surface area contributed by atoms with E-state index in [1.807, 2.05) is 0 Å². The standard InChI is InChI=1S/C12H19N3S/c13-11-10(8-6-7-8)12(16-15-11)14-9-4-2-1-3-5-9/h8-9,14H,1-7H2,(H2,13,15). The highest BCUT2D eigenvalue weighted by atomic mass is 32.1. The first-order chi connectivity index (χ1) is 7.84. The van der Waals surface area contributed by atoms with Gasteiger partial charge in [-0.3, -0.25) is 0 Å². The molecule has 2 aliphatic rings. The number of nitrogen functional groups attached to an aromatic ring is 1. The lowest BCUT2D eigenvalue weighted by Gasteiger charge is -2.23. The molecule has 2 aliphatic carbocycles. The van der Waals surface area contributed by atoms with Crippen LogP contribution in [0.1, 0.15) is 56.4 Å². The second-order valence-corrected chi connectivity index (χ2v) is 5.84. The lowest BCUT2D eigenvalue weighted by Crippen LogP contribution is -2.22. The highest BCUT2D eigenvalue weighted by molar-refractivity contribution is 7.10. The van der Waals surface area contributed by atoms with Gasteiger partial charge in [0.05, 0.1) is 0 Å². The third kappa shape index (κ3) is 2.03. The van der Waals surface area contributed by atoms with Gasteiger partial charge in [0.15, 0.2) is 0 Å². The molecule has 1 aromatic heterocycles. The Balaban J connectivity index is 1.73. The minimum atomic E-state index is 0.658. The van der Waals surface area contributed by atoms with E-state index < -0.39 is 0 Å². The molecule has 1 aromatic rings. The normalized spacial score (nSPS) is 22.2. The average molecular weight is 237 g/mol. The minimum absolute atomic E-state index is 0.658. The monoisotopic (exact) mass is 237 g/mol. The molecule has 0 aliphatic heterocycles. The molecule has 2 saturated carbocycles. The smallest absolute Gasteiger partial charge is 0.142 e. The zero-order valence-electron chi connectivity index (χ0n) is 9.54. The zero-order valence-corrected chi connectivity index (χ0v) is 10.4. The Labute approximate surface area is 101 Å². The predicted octanol–water partition coefficient (Wildman–Crippen LogP) is 3.35. The van der Waals surface area contributed by atoms with Gasteiger partial charge >= 0.3 is 0 Å². The summed E-state index contributed by atoms with van der Waals surface area (Å²) >= 11 is 1.55. The summed E-state index contributed by atoms with van der Waals surface area (Å²) in [4.78, 5) is 0. The molecule has 0 bridgehead atoms. The summed E-state index contributed by atoms with van der Waals surface area (Å²) in [6.45, 7) is 0. The number of nitrogens with two attached hydrogens (primary N) is 1. The van der Waals surface area contributed by atoms with E-state index in [-0.39, 0.29) is 0 Å². The molecule has 4 heteroatoms. The molecule has 0 amide bonds. The van der Waals surface area contributed by atoms with Crippen LogP contribution in [0, 0.1) is 0 Å². The van der Waals surface area contributed by atoms with Crippen LogP contribution in [-0.2, 0) is 0 Å². The molecule has 2 fully saturated rings. The molecule has 0 aromatic carbocycles. The van der Waals surface area contributed by atoms with Crippen molar-refractivity contribution in [2.75, 3.05) is 11.1 Å². The summed E-state index contributed by atoms with van der Waals surface area (Å²) in [6, 6.07) is 0.658. The third-order valence-corrected chi connectivity index (χ3v) is 4.49. The molecular weight excluding hydrogens is 218 g/mol. The lowest BCUT2D eigenvalue weighted by molar-refractivity contribution is 0.463. The van der Waals surface area contributed by atoms with Crippen molar-refractivity contribution in [1.29, 1.82) is 0 Å². The van der Waals surface area contributed by atoms with Gasteiger partial charge in [0.25, 0.3) is 0 Å². The highest BCUT2D eigenvalue weighted by Gasteiger charge is 2.31. The molecule has 88 valence electrons. The van der Waals surface area contributed by atoms with Crippen molar-refractivity contribution in [3.8, 4) is 0 Å². The van der Waals surface area contributed by atoms with Crippen molar-refractivity contribution in [2.24, 2.45) is 0 Å². The zero-order chi connectivity index (χ0) is 11.0. The van der Waals surface area contributed by atoms with E-state index in [2.05, 4.69) is 9.69 Å². The Morgan fingerprint density at radius 2 is 1.88 bits per heavy atom. The molecule has 0 saturated heterocycles. The average Bonchev–Trinajstić information content (AvgIpc) is 3.07. The number of anilines is 2. The van der Waals surface area contributed by atoms with Crippen LogP contribution in [0.2, 0.25) is 0 Å². The van der Waals surface area contributed by atoms with Crippen molar-refractivity contribution < 1.29 is 0 Å². The van der Waals surface area contributed by atoms with Gasteiger partial charge in [-0.25, -0.2) is 0 Å². The second-order valence-electron chi connectivity index (χ2n) is 5.06. The predicted molar refractivity (Wildman–Crippen MR) is 69.0 cm³/mol. The van der Waals surface area contributed by atoms with Gasteiger partial charge < -0.3 is 11.1 Å². The molecule has 1 heterocycles. The van der Waals surface area contributed by atoms with Gasteiger partial charge in [-0.05, 0) is 43.1 Å². The van der Waals surface area contributed by atoms with Gasteiger partial charge in [-0.2, -0.15) is 4.37 Å². The topological polar surface area (TPSA) is 50.9 Å². The van der Waals surface area contributed by atoms with Gasteiger partial charge in [0.1, 0.15) is 10.8 Å². The number of rotatable bonds is 3. The second kappa shape index (κ2) is 4.24. The van der Waals surface area contributed by atoms with Crippen LogP contribution in [0.3, 0.4) is 0 Å². The van der Waals surface area contributed by atoms with Crippen LogP contribution in [0.25, 0.3) is 0 Å². The Bertz CT molecular complexity index is 364. The summed E-state index contributed by atoms with van der Waals surface area (Å²) in [7, 11) is 0. The van der Waals surface area contributed by atoms with Crippen LogP contribution in [-0.4, -0.2) is 10.4 Å². The number of hydrogen-bond acceptors (Lipinski definition) is 4. The summed E-state index contributed by atoms with van der Waals surface area (Å²) in [5, 5.41) is 4.92. The number of nitrogens with zero attached hydrogens (tertiary/aromatic N) is 1. The highest BCUT2D eigenvalue weighted by Crippen LogP contribution is 2.48. The van der Waals surface area contributed by atoms with Crippen molar-refractivity contribution >= 4 is 22.4 Å². The maximum atomic E-state index is 5.95. The fraction of sp³-hybridized carbons (Fsp3) is 0.750.